The van der Waals surface area contributed by atoms with Gasteiger partial charge in [0, 0.05) is 31.1 Å². The van der Waals surface area contributed by atoms with Gasteiger partial charge in [0.05, 0.1) is 16.9 Å². The van der Waals surface area contributed by atoms with E-state index in [0.717, 1.165) is 11.1 Å². The number of ether oxygens (including phenoxy) is 1. The Morgan fingerprint density at radius 1 is 1.37 bits per heavy atom. The Morgan fingerprint density at radius 2 is 2.13 bits per heavy atom. The number of likely N-dealkylation sites (tertiary alicyclic amines) is 1. The van der Waals surface area contributed by atoms with E-state index in [-0.39, 0.29) is 23.9 Å². The second-order valence-electron chi connectivity index (χ2n) is 7.95. The van der Waals surface area contributed by atoms with Crippen molar-refractivity contribution in [3.05, 3.63) is 41.4 Å². The van der Waals surface area contributed by atoms with Crippen molar-refractivity contribution in [2.75, 3.05) is 5.32 Å². The van der Waals surface area contributed by atoms with Crippen molar-refractivity contribution < 1.29 is 13.9 Å². The van der Waals surface area contributed by atoms with E-state index in [1.807, 2.05) is 0 Å². The molecule has 0 radical (unpaired) electrons. The average molecular weight is 433 g/mol. The lowest BCUT2D eigenvalue weighted by Gasteiger charge is -2.62. The standard InChI is InChI=1S/C20H22ClFN6O2/c1-11-7-14-10-20(9-11,18(24)30-12(2)23)27(14)19(29)26-13-3-4-15(21)16(8-13)28-17(22)5-6-25-28/h3-6,8,11,14,23-24H,7,9-10H2,1-2H3,(H,26,29)/t11-,14+,20-/m0/s1. The second kappa shape index (κ2) is 7.39. The SMILES string of the molecule is CC(=N)OC(=N)[C@]12C[C@@H](C)C[C@H](C1)N2C(=O)Nc1ccc(Cl)c(-n2nccc2F)c1. The normalized spacial score (nSPS) is 24.7. The fraction of sp³-hybridized carbons (Fsp3) is 0.400. The Hall–Kier alpha value is -2.94. The van der Waals surface area contributed by atoms with Crippen molar-refractivity contribution in [2.45, 2.75) is 44.7 Å². The number of carbonyl (C=O) groups is 1. The molecule has 0 spiro atoms. The number of nitrogens with one attached hydrogen (secondary N) is 3. The van der Waals surface area contributed by atoms with E-state index in [1.54, 1.807) is 23.1 Å². The summed E-state index contributed by atoms with van der Waals surface area (Å²) < 4.78 is 20.3. The van der Waals surface area contributed by atoms with Crippen LogP contribution >= 0.6 is 11.6 Å². The zero-order chi connectivity index (χ0) is 21.6. The second-order valence-corrected chi connectivity index (χ2v) is 8.36. The van der Waals surface area contributed by atoms with Gasteiger partial charge >= 0.3 is 6.03 Å². The maximum absolute atomic E-state index is 13.9. The summed E-state index contributed by atoms with van der Waals surface area (Å²) in [7, 11) is 0. The maximum Gasteiger partial charge on any atom is 0.322 e. The van der Waals surface area contributed by atoms with E-state index in [4.69, 9.17) is 27.2 Å². The summed E-state index contributed by atoms with van der Waals surface area (Å²) in [6, 6.07) is 5.57. The van der Waals surface area contributed by atoms with Crippen LogP contribution in [-0.4, -0.2) is 44.1 Å². The van der Waals surface area contributed by atoms with Crippen LogP contribution in [-0.2, 0) is 4.74 Å². The number of rotatable bonds is 3. The molecule has 1 aromatic heterocycles. The number of amides is 2. The lowest BCUT2D eigenvalue weighted by atomic mass is 9.64. The van der Waals surface area contributed by atoms with Gasteiger partial charge in [-0.1, -0.05) is 18.5 Å². The number of hydrogen-bond acceptors (Lipinski definition) is 5. The minimum absolute atomic E-state index is 0.000861. The largest absolute Gasteiger partial charge is 0.428 e. The molecular formula is C20H22ClFN6O2. The molecule has 1 aliphatic carbocycles. The van der Waals surface area contributed by atoms with Gasteiger partial charge in [0.1, 0.15) is 5.54 Å². The number of urea groups is 1. The number of hydrogen-bond donors (Lipinski definition) is 3. The lowest BCUT2D eigenvalue weighted by Crippen LogP contribution is -2.75. The minimum atomic E-state index is -0.849. The highest BCUT2D eigenvalue weighted by molar-refractivity contribution is 6.32. The van der Waals surface area contributed by atoms with Gasteiger partial charge in [-0.3, -0.25) is 10.8 Å². The molecule has 8 nitrogen and oxygen atoms in total. The molecule has 1 aromatic carbocycles. The van der Waals surface area contributed by atoms with Crippen LogP contribution in [0.15, 0.2) is 30.5 Å². The van der Waals surface area contributed by atoms with Crippen LogP contribution in [0.3, 0.4) is 0 Å². The van der Waals surface area contributed by atoms with Crippen LogP contribution in [0.2, 0.25) is 5.02 Å². The molecule has 2 bridgehead atoms. The van der Waals surface area contributed by atoms with Gasteiger partial charge in [-0.25, -0.2) is 9.48 Å². The van der Waals surface area contributed by atoms with Gasteiger partial charge < -0.3 is 15.0 Å². The van der Waals surface area contributed by atoms with Crippen molar-refractivity contribution in [1.29, 1.82) is 10.8 Å². The van der Waals surface area contributed by atoms with Crippen molar-refractivity contribution in [2.24, 2.45) is 5.92 Å². The predicted molar refractivity (Wildman–Crippen MR) is 111 cm³/mol. The van der Waals surface area contributed by atoms with E-state index in [9.17, 15) is 9.18 Å². The highest BCUT2D eigenvalue weighted by Gasteiger charge is 2.62. The Labute approximate surface area is 178 Å². The monoisotopic (exact) mass is 432 g/mol. The first-order chi connectivity index (χ1) is 14.2. The zero-order valence-electron chi connectivity index (χ0n) is 16.6. The first-order valence-corrected chi connectivity index (χ1v) is 10.0. The Balaban J connectivity index is 1.59. The molecule has 2 amide bonds. The van der Waals surface area contributed by atoms with E-state index in [1.165, 1.54) is 19.2 Å². The highest BCUT2D eigenvalue weighted by atomic mass is 35.5. The van der Waals surface area contributed by atoms with Gasteiger partial charge in [0.25, 0.3) is 0 Å². The van der Waals surface area contributed by atoms with Crippen LogP contribution in [0.25, 0.3) is 5.69 Å². The van der Waals surface area contributed by atoms with Crippen molar-refractivity contribution >= 4 is 35.1 Å². The van der Waals surface area contributed by atoms with Gasteiger partial charge in [-0.2, -0.15) is 9.49 Å². The number of aromatic nitrogens is 2. The number of anilines is 1. The van der Waals surface area contributed by atoms with Crippen LogP contribution in [0.1, 0.15) is 33.1 Å². The quantitative estimate of drug-likeness (QED) is 0.493. The molecule has 2 heterocycles. The third kappa shape index (κ3) is 3.32. The number of fused-ring (bicyclic) bond motifs is 2. The first kappa shape index (κ1) is 20.3. The van der Waals surface area contributed by atoms with E-state index < -0.39 is 11.5 Å². The molecule has 30 heavy (non-hydrogen) atoms. The van der Waals surface area contributed by atoms with Crippen LogP contribution in [0.4, 0.5) is 14.9 Å². The number of halogens is 2. The summed E-state index contributed by atoms with van der Waals surface area (Å²) >= 11 is 6.19. The summed E-state index contributed by atoms with van der Waals surface area (Å²) in [5.74, 6) is -0.394. The van der Waals surface area contributed by atoms with Crippen molar-refractivity contribution in [3.63, 3.8) is 0 Å². The minimum Gasteiger partial charge on any atom is -0.428 e. The molecule has 0 unspecified atom stereocenters. The molecule has 10 heteroatoms. The molecule has 2 fully saturated rings. The maximum atomic E-state index is 13.9. The third-order valence-electron chi connectivity index (χ3n) is 5.68. The average Bonchev–Trinajstić information content (AvgIpc) is 3.07. The molecule has 2 aliphatic rings. The third-order valence-corrected chi connectivity index (χ3v) is 6.00. The van der Waals surface area contributed by atoms with E-state index >= 15 is 0 Å². The molecule has 3 N–H and O–H groups in total. The van der Waals surface area contributed by atoms with Crippen molar-refractivity contribution in [3.8, 4) is 5.69 Å². The molecule has 2 aromatic rings. The summed E-state index contributed by atoms with van der Waals surface area (Å²) in [6.07, 6.45) is 3.41. The molecule has 3 atom stereocenters. The molecule has 158 valence electrons. The first-order valence-electron chi connectivity index (χ1n) is 9.63. The summed E-state index contributed by atoms with van der Waals surface area (Å²) in [4.78, 5) is 14.8. The lowest BCUT2D eigenvalue weighted by molar-refractivity contribution is -0.0539. The van der Waals surface area contributed by atoms with Crippen LogP contribution in [0, 0.1) is 22.7 Å². The summed E-state index contributed by atoms with van der Waals surface area (Å²) in [5, 5.41) is 22.9. The predicted octanol–water partition coefficient (Wildman–Crippen LogP) is 4.43. The van der Waals surface area contributed by atoms with Crippen LogP contribution in [0.5, 0.6) is 0 Å². The molecule has 4 rings (SSSR count). The molecule has 1 saturated heterocycles. The smallest absolute Gasteiger partial charge is 0.322 e. The fourth-order valence-electron chi connectivity index (χ4n) is 4.62. The van der Waals surface area contributed by atoms with Gasteiger partial charge in [0.2, 0.25) is 11.8 Å². The van der Waals surface area contributed by atoms with Crippen molar-refractivity contribution in [1.82, 2.24) is 14.7 Å². The topological polar surface area (TPSA) is 107 Å². The van der Waals surface area contributed by atoms with Gasteiger partial charge in [0.15, 0.2) is 5.90 Å². The number of carbonyl (C=O) groups excluding carboxylic acids is 1. The Bertz CT molecular complexity index is 1040. The number of benzene rings is 1. The fourth-order valence-corrected chi connectivity index (χ4v) is 4.81. The van der Waals surface area contributed by atoms with Crippen LogP contribution < -0.4 is 5.32 Å². The summed E-state index contributed by atoms with van der Waals surface area (Å²) in [6.45, 7) is 3.55. The zero-order valence-corrected chi connectivity index (χ0v) is 17.3. The Morgan fingerprint density at radius 3 is 2.80 bits per heavy atom. The van der Waals surface area contributed by atoms with E-state index in [0.29, 0.717) is 35.2 Å². The highest BCUT2D eigenvalue weighted by Crippen LogP contribution is 2.50. The molecule has 1 saturated carbocycles. The molecular weight excluding hydrogens is 411 g/mol. The van der Waals surface area contributed by atoms with Gasteiger partial charge in [-0.05, 0) is 37.0 Å². The number of nitrogens with zero attached hydrogens (tertiary/aromatic N) is 3. The Kier molecular flexibility index (Phi) is 5.01. The number of piperidine rings is 1. The summed E-state index contributed by atoms with van der Waals surface area (Å²) in [5.41, 5.74) is -0.115. The molecule has 1 aliphatic heterocycles. The van der Waals surface area contributed by atoms with Gasteiger partial charge in [-0.15, -0.1) is 0 Å². The van der Waals surface area contributed by atoms with E-state index in [2.05, 4.69) is 17.3 Å².